The minimum atomic E-state index is -1.39. The molecule has 7 nitrogen and oxygen atoms in total. The second kappa shape index (κ2) is 8.22. The second-order valence-electron chi connectivity index (χ2n) is 7.56. The number of fused-ring (bicyclic) bond motifs is 4. The van der Waals surface area contributed by atoms with Gasteiger partial charge in [-0.2, -0.15) is 0 Å². The lowest BCUT2D eigenvalue weighted by atomic mass is 9.98. The first-order valence-electron chi connectivity index (χ1n) is 10.0. The Balaban J connectivity index is 1.41. The molecule has 0 saturated heterocycles. The summed E-state index contributed by atoms with van der Waals surface area (Å²) in [6, 6.07) is 19.9. The van der Waals surface area contributed by atoms with Gasteiger partial charge in [0.05, 0.1) is 11.1 Å². The maximum Gasteiger partial charge on any atom is 0.411 e. The molecule has 33 heavy (non-hydrogen) atoms. The molecule has 1 amide bonds. The average molecular weight is 506 g/mol. The van der Waals surface area contributed by atoms with Crippen molar-refractivity contribution in [3.63, 3.8) is 0 Å². The number of amides is 1. The summed E-state index contributed by atoms with van der Waals surface area (Å²) in [6.07, 6.45) is -0.750. The maximum absolute atomic E-state index is 12.7. The van der Waals surface area contributed by atoms with E-state index >= 15 is 0 Å². The fraction of sp³-hybridized carbons (Fsp3) is 0.0800. The predicted molar refractivity (Wildman–Crippen MR) is 126 cm³/mol. The quantitative estimate of drug-likeness (QED) is 0.373. The predicted octanol–water partition coefficient (Wildman–Crippen LogP) is 5.61. The lowest BCUT2D eigenvalue weighted by Gasteiger charge is -2.15. The molecule has 0 unspecified atom stereocenters. The zero-order valence-electron chi connectivity index (χ0n) is 17.0. The summed E-state index contributed by atoms with van der Waals surface area (Å²) in [6.45, 7) is 0.107. The van der Waals surface area contributed by atoms with Crippen molar-refractivity contribution in [2.24, 2.45) is 0 Å². The molecule has 4 aromatic rings. The van der Waals surface area contributed by atoms with Gasteiger partial charge in [-0.25, -0.2) is 9.59 Å². The van der Waals surface area contributed by atoms with Gasteiger partial charge in [0.2, 0.25) is 5.76 Å². The van der Waals surface area contributed by atoms with Crippen molar-refractivity contribution in [3.05, 3.63) is 98.3 Å². The lowest BCUT2D eigenvalue weighted by molar-refractivity contribution is 0.0663. The van der Waals surface area contributed by atoms with Crippen LogP contribution in [0.1, 0.15) is 27.6 Å². The Morgan fingerprint density at radius 2 is 1.64 bits per heavy atom. The Hall–Kier alpha value is -3.91. The first-order valence-corrected chi connectivity index (χ1v) is 10.8. The molecule has 0 saturated carbocycles. The van der Waals surface area contributed by atoms with Crippen LogP contribution in [-0.2, 0) is 4.74 Å². The summed E-state index contributed by atoms with van der Waals surface area (Å²) in [7, 11) is 0. The normalized spacial score (nSPS) is 12.3. The molecule has 1 aliphatic carbocycles. The molecule has 0 bridgehead atoms. The van der Waals surface area contributed by atoms with Crippen LogP contribution in [0.3, 0.4) is 0 Å². The minimum Gasteiger partial charge on any atom is -0.475 e. The van der Waals surface area contributed by atoms with Gasteiger partial charge in [-0.3, -0.25) is 10.1 Å². The Bertz CT molecular complexity index is 1450. The van der Waals surface area contributed by atoms with Crippen LogP contribution in [0.25, 0.3) is 22.1 Å². The number of benzene rings is 3. The van der Waals surface area contributed by atoms with Crippen LogP contribution in [0.2, 0.25) is 0 Å². The molecule has 0 aliphatic heterocycles. The van der Waals surface area contributed by atoms with Crippen molar-refractivity contribution in [2.75, 3.05) is 11.9 Å². The average Bonchev–Trinajstić information content (AvgIpc) is 3.12. The standard InChI is InChI=1S/C25H16BrNO6/c26-13-9-18-21(28)11-22(24(29)30)33-23(18)20(10-13)27-25(31)32-12-19-16-7-3-1-5-14(16)15-6-2-4-8-17(15)19/h1-11,19H,12H2,(H,27,31)(H,29,30). The first-order chi connectivity index (χ1) is 15.9. The fourth-order valence-corrected chi connectivity index (χ4v) is 4.62. The number of halogens is 1. The Kier molecular flexibility index (Phi) is 5.22. The Morgan fingerprint density at radius 1 is 1.00 bits per heavy atom. The molecule has 1 heterocycles. The van der Waals surface area contributed by atoms with E-state index in [1.54, 1.807) is 0 Å². The van der Waals surface area contributed by atoms with Crippen LogP contribution in [0.5, 0.6) is 0 Å². The maximum atomic E-state index is 12.7. The fourth-order valence-electron chi connectivity index (χ4n) is 4.17. The molecule has 5 rings (SSSR count). The molecular weight excluding hydrogens is 490 g/mol. The van der Waals surface area contributed by atoms with Crippen LogP contribution < -0.4 is 10.7 Å². The van der Waals surface area contributed by atoms with Gasteiger partial charge in [-0.05, 0) is 34.4 Å². The van der Waals surface area contributed by atoms with Gasteiger partial charge >= 0.3 is 12.1 Å². The number of carboxylic acids is 1. The van der Waals surface area contributed by atoms with E-state index in [1.807, 2.05) is 48.5 Å². The summed E-state index contributed by atoms with van der Waals surface area (Å²) in [5.74, 6) is -2.02. The molecule has 1 aromatic heterocycles. The van der Waals surface area contributed by atoms with E-state index in [0.717, 1.165) is 28.3 Å². The third kappa shape index (κ3) is 3.78. The number of anilines is 1. The van der Waals surface area contributed by atoms with Gasteiger partial charge in [0.1, 0.15) is 6.61 Å². The molecule has 1 aliphatic rings. The van der Waals surface area contributed by atoms with E-state index in [-0.39, 0.29) is 29.2 Å². The topological polar surface area (TPSA) is 106 Å². The minimum absolute atomic E-state index is 0.0448. The van der Waals surface area contributed by atoms with Gasteiger partial charge in [0.25, 0.3) is 0 Å². The number of carbonyl (C=O) groups is 2. The van der Waals surface area contributed by atoms with Crippen molar-refractivity contribution >= 4 is 44.6 Å². The van der Waals surface area contributed by atoms with Crippen molar-refractivity contribution in [2.45, 2.75) is 5.92 Å². The Labute approximate surface area is 195 Å². The third-order valence-corrected chi connectivity index (χ3v) is 6.04. The van der Waals surface area contributed by atoms with Crippen molar-refractivity contribution in [1.82, 2.24) is 0 Å². The highest BCUT2D eigenvalue weighted by molar-refractivity contribution is 9.10. The molecule has 0 atom stereocenters. The number of ether oxygens (including phenoxy) is 1. The number of rotatable bonds is 4. The summed E-state index contributed by atoms with van der Waals surface area (Å²) < 4.78 is 11.4. The summed E-state index contributed by atoms with van der Waals surface area (Å²) >= 11 is 3.29. The highest BCUT2D eigenvalue weighted by Crippen LogP contribution is 2.44. The van der Waals surface area contributed by atoms with Gasteiger partial charge in [-0.1, -0.05) is 64.5 Å². The van der Waals surface area contributed by atoms with E-state index in [1.165, 1.54) is 12.1 Å². The molecule has 3 aromatic carbocycles. The molecule has 8 heteroatoms. The van der Waals surface area contributed by atoms with Gasteiger partial charge in [0, 0.05) is 16.5 Å². The summed E-state index contributed by atoms with van der Waals surface area (Å²) in [5, 5.41) is 11.9. The van der Waals surface area contributed by atoms with E-state index in [9.17, 15) is 19.5 Å². The zero-order chi connectivity index (χ0) is 23.1. The number of hydrogen-bond donors (Lipinski definition) is 2. The monoisotopic (exact) mass is 505 g/mol. The van der Waals surface area contributed by atoms with Gasteiger partial charge in [0.15, 0.2) is 11.0 Å². The number of carbonyl (C=O) groups excluding carboxylic acids is 1. The number of hydrogen-bond acceptors (Lipinski definition) is 5. The van der Waals surface area contributed by atoms with E-state index in [4.69, 9.17) is 9.15 Å². The Morgan fingerprint density at radius 3 is 2.27 bits per heavy atom. The van der Waals surface area contributed by atoms with E-state index < -0.39 is 23.3 Å². The summed E-state index contributed by atoms with van der Waals surface area (Å²) in [5.41, 5.74) is 3.93. The molecular formula is C25H16BrNO6. The van der Waals surface area contributed by atoms with Crippen molar-refractivity contribution in [3.8, 4) is 11.1 Å². The summed E-state index contributed by atoms with van der Waals surface area (Å²) in [4.78, 5) is 36.3. The smallest absolute Gasteiger partial charge is 0.411 e. The van der Waals surface area contributed by atoms with E-state index in [0.29, 0.717) is 4.47 Å². The molecule has 0 fully saturated rings. The van der Waals surface area contributed by atoms with Crippen LogP contribution in [0.15, 0.2) is 80.4 Å². The molecule has 2 N–H and O–H groups in total. The third-order valence-electron chi connectivity index (χ3n) is 5.58. The highest BCUT2D eigenvalue weighted by atomic mass is 79.9. The number of nitrogens with one attached hydrogen (secondary N) is 1. The lowest BCUT2D eigenvalue weighted by Crippen LogP contribution is -2.18. The van der Waals surface area contributed by atoms with Crippen LogP contribution in [0.4, 0.5) is 10.5 Å². The number of carboxylic acid groups (broad SMARTS) is 1. The molecule has 0 radical (unpaired) electrons. The van der Waals surface area contributed by atoms with Crippen LogP contribution in [0, 0.1) is 0 Å². The van der Waals surface area contributed by atoms with Crippen LogP contribution >= 0.6 is 15.9 Å². The van der Waals surface area contributed by atoms with Crippen molar-refractivity contribution in [1.29, 1.82) is 0 Å². The van der Waals surface area contributed by atoms with Gasteiger partial charge < -0.3 is 14.3 Å². The van der Waals surface area contributed by atoms with E-state index in [2.05, 4.69) is 21.2 Å². The SMILES string of the molecule is O=C(Nc1cc(Br)cc2c(=O)cc(C(=O)O)oc12)OCC1c2ccccc2-c2ccccc21. The molecule has 164 valence electrons. The second-order valence-corrected chi connectivity index (χ2v) is 8.48. The molecule has 0 spiro atoms. The highest BCUT2D eigenvalue weighted by Gasteiger charge is 2.29. The van der Waals surface area contributed by atoms with Crippen LogP contribution in [-0.4, -0.2) is 23.8 Å². The van der Waals surface area contributed by atoms with Crippen molar-refractivity contribution < 1.29 is 23.8 Å². The zero-order valence-corrected chi connectivity index (χ0v) is 18.6. The number of aromatic carboxylic acids is 1. The largest absolute Gasteiger partial charge is 0.475 e. The van der Waals surface area contributed by atoms with Gasteiger partial charge in [-0.15, -0.1) is 0 Å². The first kappa shape index (κ1) is 21.0.